The highest BCUT2D eigenvalue weighted by molar-refractivity contribution is 6.21. The van der Waals surface area contributed by atoms with Crippen LogP contribution < -0.4 is 0 Å². The van der Waals surface area contributed by atoms with Gasteiger partial charge in [0.2, 0.25) is 0 Å². The molecule has 3 rings (SSSR count). The van der Waals surface area contributed by atoms with Gasteiger partial charge in [-0.1, -0.05) is 30.3 Å². The maximum atomic E-state index is 13.6. The third-order valence-corrected chi connectivity index (χ3v) is 4.22. The fraction of sp³-hybridized carbons (Fsp3) is 0.250. The van der Waals surface area contributed by atoms with Crippen molar-refractivity contribution in [3.05, 3.63) is 70.8 Å². The van der Waals surface area contributed by atoms with E-state index in [0.29, 0.717) is 12.0 Å². The van der Waals surface area contributed by atoms with Gasteiger partial charge < -0.3 is 0 Å². The first-order chi connectivity index (χ1) is 9.15. The first-order valence-corrected chi connectivity index (χ1v) is 6.74. The van der Waals surface area contributed by atoms with E-state index in [1.807, 2.05) is 12.1 Å². The van der Waals surface area contributed by atoms with Crippen molar-refractivity contribution in [1.29, 1.82) is 0 Å². The number of alkyl halides is 1. The van der Waals surface area contributed by atoms with Crippen molar-refractivity contribution in [3.63, 3.8) is 0 Å². The molecule has 0 heterocycles. The Bertz CT molecular complexity index is 609. The van der Waals surface area contributed by atoms with E-state index in [9.17, 15) is 8.78 Å². The second kappa shape index (κ2) is 4.93. The minimum atomic E-state index is -0.554. The lowest BCUT2D eigenvalue weighted by molar-refractivity contribution is 0.540. The molecule has 2 unspecified atom stereocenters. The Labute approximate surface area is 116 Å². The summed E-state index contributed by atoms with van der Waals surface area (Å²) in [5.41, 5.74) is 3.05. The van der Waals surface area contributed by atoms with Gasteiger partial charge in [0, 0.05) is 17.4 Å². The van der Waals surface area contributed by atoms with Gasteiger partial charge in [-0.15, -0.1) is 11.6 Å². The first-order valence-electron chi connectivity index (χ1n) is 6.31. The SMILES string of the molecule is Fc1ccc(CC(Cl)C2Cc3ccccc32)c(F)c1. The summed E-state index contributed by atoms with van der Waals surface area (Å²) < 4.78 is 26.4. The summed E-state index contributed by atoms with van der Waals surface area (Å²) in [6, 6.07) is 11.8. The molecule has 1 aliphatic carbocycles. The summed E-state index contributed by atoms with van der Waals surface area (Å²) in [5.74, 6) is -0.804. The van der Waals surface area contributed by atoms with Crippen molar-refractivity contribution in [2.75, 3.05) is 0 Å². The van der Waals surface area contributed by atoms with Gasteiger partial charge in [0.05, 0.1) is 0 Å². The van der Waals surface area contributed by atoms with Gasteiger partial charge in [-0.2, -0.15) is 0 Å². The lowest BCUT2D eigenvalue weighted by Crippen LogP contribution is -2.27. The summed E-state index contributed by atoms with van der Waals surface area (Å²) in [5, 5.41) is -0.158. The summed E-state index contributed by atoms with van der Waals surface area (Å²) >= 11 is 6.40. The number of rotatable bonds is 3. The van der Waals surface area contributed by atoms with Crippen LogP contribution >= 0.6 is 11.6 Å². The molecule has 19 heavy (non-hydrogen) atoms. The van der Waals surface area contributed by atoms with Crippen molar-refractivity contribution in [1.82, 2.24) is 0 Å². The zero-order valence-electron chi connectivity index (χ0n) is 10.2. The van der Waals surface area contributed by atoms with Crippen molar-refractivity contribution < 1.29 is 8.78 Å². The quantitative estimate of drug-likeness (QED) is 0.728. The minimum absolute atomic E-state index is 0.158. The average Bonchev–Trinajstić information content (AvgIpc) is 2.34. The highest BCUT2D eigenvalue weighted by Gasteiger charge is 2.31. The molecule has 2 aromatic carbocycles. The van der Waals surface area contributed by atoms with Gasteiger partial charge in [0.1, 0.15) is 11.6 Å². The van der Waals surface area contributed by atoms with Crippen molar-refractivity contribution in [3.8, 4) is 0 Å². The van der Waals surface area contributed by atoms with E-state index in [1.54, 1.807) is 0 Å². The highest BCUT2D eigenvalue weighted by atomic mass is 35.5. The van der Waals surface area contributed by atoms with Crippen LogP contribution in [0.1, 0.15) is 22.6 Å². The Balaban J connectivity index is 1.75. The summed E-state index contributed by atoms with van der Waals surface area (Å²) in [6.07, 6.45) is 1.36. The molecule has 0 saturated carbocycles. The van der Waals surface area contributed by atoms with Crippen molar-refractivity contribution >= 4 is 11.6 Å². The molecule has 0 radical (unpaired) electrons. The minimum Gasteiger partial charge on any atom is -0.207 e. The second-order valence-corrected chi connectivity index (χ2v) is 5.53. The van der Waals surface area contributed by atoms with Crippen LogP contribution in [0.5, 0.6) is 0 Å². The Morgan fingerprint density at radius 3 is 2.68 bits per heavy atom. The zero-order chi connectivity index (χ0) is 13.4. The highest BCUT2D eigenvalue weighted by Crippen LogP contribution is 2.40. The molecule has 0 spiro atoms. The summed E-state index contributed by atoms with van der Waals surface area (Å²) in [6.45, 7) is 0. The van der Waals surface area contributed by atoms with E-state index < -0.39 is 11.6 Å². The zero-order valence-corrected chi connectivity index (χ0v) is 11.0. The smallest absolute Gasteiger partial charge is 0.129 e. The fourth-order valence-electron chi connectivity index (χ4n) is 2.66. The third kappa shape index (κ3) is 2.37. The molecule has 3 heteroatoms. The van der Waals surface area contributed by atoms with Crippen LogP contribution in [0, 0.1) is 11.6 Å². The van der Waals surface area contributed by atoms with Gasteiger partial charge >= 0.3 is 0 Å². The molecule has 0 N–H and O–H groups in total. The van der Waals surface area contributed by atoms with Crippen LogP contribution in [-0.4, -0.2) is 5.38 Å². The molecule has 0 bridgehead atoms. The van der Waals surface area contributed by atoms with Crippen LogP contribution in [0.15, 0.2) is 42.5 Å². The van der Waals surface area contributed by atoms with Gasteiger partial charge in [0.15, 0.2) is 0 Å². The van der Waals surface area contributed by atoms with Gasteiger partial charge in [-0.05, 0) is 35.6 Å². The predicted octanol–water partition coefficient (Wildman–Crippen LogP) is 4.45. The molecule has 0 aromatic heterocycles. The normalized spacial score (nSPS) is 18.6. The Morgan fingerprint density at radius 2 is 1.95 bits per heavy atom. The molecule has 0 nitrogen and oxygen atoms in total. The molecule has 2 aromatic rings. The molecule has 0 saturated heterocycles. The van der Waals surface area contributed by atoms with E-state index >= 15 is 0 Å². The number of fused-ring (bicyclic) bond motifs is 1. The van der Waals surface area contributed by atoms with Crippen LogP contribution in [0.3, 0.4) is 0 Å². The lowest BCUT2D eigenvalue weighted by Gasteiger charge is -2.33. The molecular weight excluding hydrogens is 266 g/mol. The van der Waals surface area contributed by atoms with Crippen molar-refractivity contribution in [2.45, 2.75) is 24.1 Å². The van der Waals surface area contributed by atoms with Crippen molar-refractivity contribution in [2.24, 2.45) is 0 Å². The maximum absolute atomic E-state index is 13.6. The molecule has 0 fully saturated rings. The van der Waals surface area contributed by atoms with Gasteiger partial charge in [-0.25, -0.2) is 8.78 Å². The standard InChI is InChI=1S/C16H13ClF2/c17-15(8-11-5-6-12(18)9-16(11)19)14-7-10-3-1-2-4-13(10)14/h1-6,9,14-15H,7-8H2. The third-order valence-electron chi connectivity index (χ3n) is 3.76. The number of hydrogen-bond donors (Lipinski definition) is 0. The molecule has 1 aliphatic rings. The number of benzene rings is 2. The van der Waals surface area contributed by atoms with E-state index in [2.05, 4.69) is 12.1 Å². The van der Waals surface area contributed by atoms with E-state index in [1.165, 1.54) is 23.3 Å². The van der Waals surface area contributed by atoms with E-state index in [0.717, 1.165) is 12.5 Å². The first kappa shape index (κ1) is 12.6. The largest absolute Gasteiger partial charge is 0.207 e. The van der Waals surface area contributed by atoms with Gasteiger partial charge in [0.25, 0.3) is 0 Å². The lowest BCUT2D eigenvalue weighted by atomic mass is 9.74. The van der Waals surface area contributed by atoms with Crippen LogP contribution in [0.25, 0.3) is 0 Å². The summed E-state index contributed by atoms with van der Waals surface area (Å²) in [4.78, 5) is 0. The average molecular weight is 279 g/mol. The van der Waals surface area contributed by atoms with Crippen LogP contribution in [0.2, 0.25) is 0 Å². The Morgan fingerprint density at radius 1 is 1.16 bits per heavy atom. The number of halogens is 3. The molecule has 0 amide bonds. The molecule has 0 aliphatic heterocycles. The Hall–Kier alpha value is -1.41. The maximum Gasteiger partial charge on any atom is 0.129 e. The molecule has 98 valence electrons. The predicted molar refractivity (Wildman–Crippen MR) is 72.6 cm³/mol. The monoisotopic (exact) mass is 278 g/mol. The Kier molecular flexibility index (Phi) is 3.28. The molecule has 2 atom stereocenters. The van der Waals surface area contributed by atoms with Crippen LogP contribution in [0.4, 0.5) is 8.78 Å². The van der Waals surface area contributed by atoms with E-state index in [-0.39, 0.29) is 11.3 Å². The second-order valence-electron chi connectivity index (χ2n) is 4.97. The number of hydrogen-bond acceptors (Lipinski definition) is 0. The molecular formula is C16H13ClF2. The topological polar surface area (TPSA) is 0 Å². The summed E-state index contributed by atoms with van der Waals surface area (Å²) in [7, 11) is 0. The van der Waals surface area contributed by atoms with Crippen LogP contribution in [-0.2, 0) is 12.8 Å². The fourth-order valence-corrected chi connectivity index (χ4v) is 3.05. The van der Waals surface area contributed by atoms with Gasteiger partial charge in [-0.3, -0.25) is 0 Å². The van der Waals surface area contributed by atoms with E-state index in [4.69, 9.17) is 11.6 Å².